The summed E-state index contributed by atoms with van der Waals surface area (Å²) in [7, 11) is 0. The third-order valence-corrected chi connectivity index (χ3v) is 3.34. The van der Waals surface area contributed by atoms with Crippen LogP contribution in [0.25, 0.3) is 0 Å². The van der Waals surface area contributed by atoms with Crippen LogP contribution in [-0.2, 0) is 0 Å². The first-order valence-corrected chi connectivity index (χ1v) is 5.69. The minimum absolute atomic E-state index is 0.303. The number of hydrogen-bond donors (Lipinski definition) is 2. The summed E-state index contributed by atoms with van der Waals surface area (Å²) in [4.78, 5) is 15.4. The fraction of sp³-hybridized carbons (Fsp3) is 0.636. The molecule has 1 aliphatic carbocycles. The number of nitrogens with zero attached hydrogens (tertiary/aromatic N) is 2. The van der Waals surface area contributed by atoms with Gasteiger partial charge in [-0.2, -0.15) is 0 Å². The first-order valence-electron chi connectivity index (χ1n) is 5.69. The van der Waals surface area contributed by atoms with Crippen LogP contribution in [0.2, 0.25) is 0 Å². The van der Waals surface area contributed by atoms with Gasteiger partial charge in [0, 0.05) is 12.1 Å². The quantitative estimate of drug-likeness (QED) is 0.773. The smallest absolute Gasteiger partial charge is 0.266 e. The molecule has 0 radical (unpaired) electrons. The van der Waals surface area contributed by atoms with Crippen LogP contribution in [0.1, 0.15) is 48.0 Å². The summed E-state index contributed by atoms with van der Waals surface area (Å²) >= 11 is 0. The minimum Gasteiger partial charge on any atom is -0.364 e. The Balaban J connectivity index is 2.25. The average molecular weight is 222 g/mol. The summed E-state index contributed by atoms with van der Waals surface area (Å²) < 4.78 is 1.97. The highest BCUT2D eigenvalue weighted by molar-refractivity contribution is 5.91. The first-order chi connectivity index (χ1) is 7.59. The van der Waals surface area contributed by atoms with E-state index in [4.69, 9.17) is 11.5 Å². The molecule has 4 N–H and O–H groups in total. The Labute approximate surface area is 94.8 Å². The Morgan fingerprint density at radius 2 is 2.06 bits per heavy atom. The number of primary amides is 1. The van der Waals surface area contributed by atoms with E-state index in [1.54, 1.807) is 6.20 Å². The Hall–Kier alpha value is -1.36. The number of hydrogen-bond acceptors (Lipinski definition) is 3. The molecule has 0 atom stereocenters. The number of aromatic nitrogens is 2. The molecule has 0 spiro atoms. The summed E-state index contributed by atoms with van der Waals surface area (Å²) in [5.41, 5.74) is 11.7. The van der Waals surface area contributed by atoms with Crippen LogP contribution < -0.4 is 11.5 Å². The Bertz CT molecular complexity index is 391. The topological polar surface area (TPSA) is 86.9 Å². The Kier molecular flexibility index (Phi) is 2.96. The zero-order valence-electron chi connectivity index (χ0n) is 9.52. The number of imidazole rings is 1. The van der Waals surface area contributed by atoms with Crippen molar-refractivity contribution < 1.29 is 4.79 Å². The molecule has 0 saturated heterocycles. The number of nitrogens with two attached hydrogens (primary N) is 2. The average Bonchev–Trinajstić information content (AvgIpc) is 2.62. The van der Waals surface area contributed by atoms with E-state index in [0.717, 1.165) is 31.5 Å². The summed E-state index contributed by atoms with van der Waals surface area (Å²) in [6, 6.07) is 0.627. The van der Waals surface area contributed by atoms with Gasteiger partial charge in [-0.05, 0) is 32.6 Å². The van der Waals surface area contributed by atoms with Crippen molar-refractivity contribution in [3.8, 4) is 0 Å². The van der Waals surface area contributed by atoms with E-state index in [0.29, 0.717) is 17.8 Å². The molecule has 5 nitrogen and oxygen atoms in total. The SMILES string of the molecule is Cc1ncc(C(N)=O)n1C1CCC(N)CC1. The van der Waals surface area contributed by atoms with E-state index in [2.05, 4.69) is 4.98 Å². The van der Waals surface area contributed by atoms with Crippen LogP contribution >= 0.6 is 0 Å². The molecule has 1 aromatic heterocycles. The van der Waals surface area contributed by atoms with Gasteiger partial charge < -0.3 is 16.0 Å². The highest BCUT2D eigenvalue weighted by Gasteiger charge is 2.24. The predicted molar refractivity (Wildman–Crippen MR) is 61.0 cm³/mol. The monoisotopic (exact) mass is 222 g/mol. The fourth-order valence-corrected chi connectivity index (χ4v) is 2.46. The molecule has 1 aliphatic rings. The molecule has 1 saturated carbocycles. The molecular weight excluding hydrogens is 204 g/mol. The Morgan fingerprint density at radius 1 is 1.44 bits per heavy atom. The maximum absolute atomic E-state index is 11.3. The summed E-state index contributed by atoms with van der Waals surface area (Å²) in [6.45, 7) is 1.90. The minimum atomic E-state index is -0.407. The third-order valence-electron chi connectivity index (χ3n) is 3.34. The molecule has 0 unspecified atom stereocenters. The lowest BCUT2D eigenvalue weighted by Gasteiger charge is -2.28. The van der Waals surface area contributed by atoms with Gasteiger partial charge in [-0.3, -0.25) is 4.79 Å². The highest BCUT2D eigenvalue weighted by atomic mass is 16.1. The predicted octanol–water partition coefficient (Wildman–Crippen LogP) is 0.733. The number of carbonyl (C=O) groups excluding carboxylic acids is 1. The van der Waals surface area contributed by atoms with Crippen LogP contribution in [0.3, 0.4) is 0 Å². The van der Waals surface area contributed by atoms with Gasteiger partial charge in [0.1, 0.15) is 11.5 Å². The van der Waals surface area contributed by atoms with Gasteiger partial charge in [0.25, 0.3) is 5.91 Å². The maximum atomic E-state index is 11.3. The van der Waals surface area contributed by atoms with E-state index in [-0.39, 0.29) is 0 Å². The summed E-state index contributed by atoms with van der Waals surface area (Å²) in [6.07, 6.45) is 5.56. The van der Waals surface area contributed by atoms with E-state index in [1.165, 1.54) is 0 Å². The molecule has 0 aliphatic heterocycles. The Morgan fingerprint density at radius 3 is 2.62 bits per heavy atom. The van der Waals surface area contributed by atoms with Crippen molar-refractivity contribution in [2.24, 2.45) is 11.5 Å². The van der Waals surface area contributed by atoms with Gasteiger partial charge in [-0.1, -0.05) is 0 Å². The van der Waals surface area contributed by atoms with Crippen molar-refractivity contribution in [2.45, 2.75) is 44.7 Å². The van der Waals surface area contributed by atoms with Crippen molar-refractivity contribution in [3.05, 3.63) is 17.7 Å². The summed E-state index contributed by atoms with van der Waals surface area (Å²) in [5, 5.41) is 0. The van der Waals surface area contributed by atoms with Crippen LogP contribution in [0, 0.1) is 6.92 Å². The van der Waals surface area contributed by atoms with E-state index < -0.39 is 5.91 Å². The second kappa shape index (κ2) is 4.25. The maximum Gasteiger partial charge on any atom is 0.266 e. The molecule has 1 fully saturated rings. The number of carbonyl (C=O) groups is 1. The number of aryl methyl sites for hydroxylation is 1. The fourth-order valence-electron chi connectivity index (χ4n) is 2.46. The van der Waals surface area contributed by atoms with Crippen molar-refractivity contribution >= 4 is 5.91 Å². The highest BCUT2D eigenvalue weighted by Crippen LogP contribution is 2.29. The van der Waals surface area contributed by atoms with Crippen LogP contribution in [0.4, 0.5) is 0 Å². The van der Waals surface area contributed by atoms with Gasteiger partial charge in [0.2, 0.25) is 0 Å². The molecule has 16 heavy (non-hydrogen) atoms. The third kappa shape index (κ3) is 1.95. The zero-order valence-corrected chi connectivity index (χ0v) is 9.52. The van der Waals surface area contributed by atoms with Crippen molar-refractivity contribution in [3.63, 3.8) is 0 Å². The summed E-state index contributed by atoms with van der Waals surface area (Å²) in [5.74, 6) is 0.449. The van der Waals surface area contributed by atoms with Crippen LogP contribution in [0.15, 0.2) is 6.20 Å². The van der Waals surface area contributed by atoms with Crippen LogP contribution in [0.5, 0.6) is 0 Å². The van der Waals surface area contributed by atoms with Gasteiger partial charge >= 0.3 is 0 Å². The second-order valence-electron chi connectivity index (χ2n) is 4.49. The van der Waals surface area contributed by atoms with Gasteiger partial charge in [0.05, 0.1) is 6.20 Å². The van der Waals surface area contributed by atoms with Gasteiger partial charge in [-0.15, -0.1) is 0 Å². The molecule has 2 rings (SSSR count). The molecule has 5 heteroatoms. The molecular formula is C11H18N4O. The van der Waals surface area contributed by atoms with E-state index in [1.807, 2.05) is 11.5 Å². The van der Waals surface area contributed by atoms with Crippen molar-refractivity contribution in [1.82, 2.24) is 9.55 Å². The molecule has 0 bridgehead atoms. The number of rotatable bonds is 2. The molecule has 1 aromatic rings. The molecule has 88 valence electrons. The normalized spacial score (nSPS) is 25.6. The van der Waals surface area contributed by atoms with Crippen molar-refractivity contribution in [2.75, 3.05) is 0 Å². The lowest BCUT2D eigenvalue weighted by molar-refractivity contribution is 0.0987. The van der Waals surface area contributed by atoms with Crippen LogP contribution in [-0.4, -0.2) is 21.5 Å². The lowest BCUT2D eigenvalue weighted by atomic mass is 9.91. The van der Waals surface area contributed by atoms with E-state index >= 15 is 0 Å². The standard InChI is InChI=1S/C11H18N4O/c1-7-14-6-10(11(13)16)15(7)9-4-2-8(12)3-5-9/h6,8-9H,2-5,12H2,1H3,(H2,13,16). The first kappa shape index (κ1) is 11.1. The zero-order chi connectivity index (χ0) is 11.7. The van der Waals surface area contributed by atoms with Gasteiger partial charge in [0.15, 0.2) is 0 Å². The van der Waals surface area contributed by atoms with E-state index in [9.17, 15) is 4.79 Å². The van der Waals surface area contributed by atoms with Gasteiger partial charge in [-0.25, -0.2) is 4.98 Å². The molecule has 1 amide bonds. The largest absolute Gasteiger partial charge is 0.364 e. The molecule has 0 aromatic carbocycles. The second-order valence-corrected chi connectivity index (χ2v) is 4.49. The lowest BCUT2D eigenvalue weighted by Crippen LogP contribution is -2.30. The number of amides is 1. The van der Waals surface area contributed by atoms with Crippen molar-refractivity contribution in [1.29, 1.82) is 0 Å². The molecule has 1 heterocycles.